The SMILES string of the molecule is Brc1cc(I)cc(C(c2ccc[nH]2)c2ccc[nH]2)c1. The maximum absolute atomic E-state index is 3.58. The first-order chi connectivity index (χ1) is 9.24. The van der Waals surface area contributed by atoms with Gasteiger partial charge in [0.25, 0.3) is 0 Å². The maximum atomic E-state index is 3.58. The van der Waals surface area contributed by atoms with Crippen LogP contribution in [0.4, 0.5) is 0 Å². The van der Waals surface area contributed by atoms with E-state index in [0.29, 0.717) is 0 Å². The highest BCUT2D eigenvalue weighted by molar-refractivity contribution is 14.1. The molecule has 1 aromatic carbocycles. The van der Waals surface area contributed by atoms with Gasteiger partial charge in [-0.05, 0) is 70.6 Å². The first kappa shape index (κ1) is 13.0. The van der Waals surface area contributed by atoms with Crippen molar-refractivity contribution in [3.63, 3.8) is 0 Å². The molecular weight excluding hydrogens is 415 g/mol. The standard InChI is InChI=1S/C15H12BrIN2/c16-11-7-10(8-12(17)9-11)15(13-3-1-5-18-13)14-4-2-6-19-14/h1-9,15,18-19H. The average molecular weight is 427 g/mol. The quantitative estimate of drug-likeness (QED) is 0.559. The van der Waals surface area contributed by atoms with Crippen molar-refractivity contribution in [2.24, 2.45) is 0 Å². The van der Waals surface area contributed by atoms with Crippen LogP contribution in [0.3, 0.4) is 0 Å². The lowest BCUT2D eigenvalue weighted by Crippen LogP contribution is -2.04. The molecule has 19 heavy (non-hydrogen) atoms. The number of halogens is 2. The van der Waals surface area contributed by atoms with Crippen LogP contribution in [-0.4, -0.2) is 9.97 Å². The highest BCUT2D eigenvalue weighted by Gasteiger charge is 2.19. The number of benzene rings is 1. The van der Waals surface area contributed by atoms with Gasteiger partial charge in [0.15, 0.2) is 0 Å². The minimum absolute atomic E-state index is 0.205. The Labute approximate surface area is 133 Å². The van der Waals surface area contributed by atoms with Crippen LogP contribution >= 0.6 is 38.5 Å². The van der Waals surface area contributed by atoms with E-state index >= 15 is 0 Å². The van der Waals surface area contributed by atoms with E-state index in [2.05, 4.69) is 78.8 Å². The second-order valence-electron chi connectivity index (χ2n) is 4.39. The molecule has 0 spiro atoms. The summed E-state index contributed by atoms with van der Waals surface area (Å²) in [6.07, 6.45) is 3.93. The molecule has 0 amide bonds. The van der Waals surface area contributed by atoms with E-state index < -0.39 is 0 Å². The second-order valence-corrected chi connectivity index (χ2v) is 6.55. The van der Waals surface area contributed by atoms with Crippen LogP contribution in [0.25, 0.3) is 0 Å². The Hall–Kier alpha value is -1.01. The number of aromatic nitrogens is 2. The van der Waals surface area contributed by atoms with Crippen molar-refractivity contribution in [2.75, 3.05) is 0 Å². The number of hydrogen-bond donors (Lipinski definition) is 2. The molecule has 0 saturated carbocycles. The summed E-state index contributed by atoms with van der Waals surface area (Å²) < 4.78 is 2.34. The molecule has 0 radical (unpaired) electrons. The normalized spacial score (nSPS) is 11.1. The Balaban J connectivity index is 2.14. The van der Waals surface area contributed by atoms with E-state index in [1.165, 1.54) is 20.5 Å². The maximum Gasteiger partial charge on any atom is 0.0642 e. The van der Waals surface area contributed by atoms with Crippen LogP contribution < -0.4 is 0 Å². The van der Waals surface area contributed by atoms with Gasteiger partial charge in [-0.15, -0.1) is 0 Å². The van der Waals surface area contributed by atoms with E-state index in [9.17, 15) is 0 Å². The lowest BCUT2D eigenvalue weighted by Gasteiger charge is -2.16. The molecule has 2 heterocycles. The van der Waals surface area contributed by atoms with Crippen molar-refractivity contribution in [3.05, 3.63) is 79.9 Å². The molecule has 0 aliphatic heterocycles. The number of H-pyrrole nitrogens is 2. The lowest BCUT2D eigenvalue weighted by molar-refractivity contribution is 0.896. The molecule has 0 aliphatic rings. The smallest absolute Gasteiger partial charge is 0.0642 e. The van der Waals surface area contributed by atoms with Gasteiger partial charge in [0.2, 0.25) is 0 Å². The van der Waals surface area contributed by atoms with Gasteiger partial charge >= 0.3 is 0 Å². The van der Waals surface area contributed by atoms with Gasteiger partial charge in [0.1, 0.15) is 0 Å². The van der Waals surface area contributed by atoms with Gasteiger partial charge in [0, 0.05) is 31.8 Å². The predicted octanol–water partition coefficient (Wildman–Crippen LogP) is 4.89. The molecule has 0 fully saturated rings. The predicted molar refractivity (Wildman–Crippen MR) is 89.4 cm³/mol. The van der Waals surface area contributed by atoms with E-state index in [1.54, 1.807) is 0 Å². The molecule has 2 nitrogen and oxygen atoms in total. The van der Waals surface area contributed by atoms with Gasteiger partial charge in [-0.3, -0.25) is 0 Å². The zero-order chi connectivity index (χ0) is 13.2. The van der Waals surface area contributed by atoms with Crippen LogP contribution in [0, 0.1) is 3.57 Å². The number of aromatic amines is 2. The topological polar surface area (TPSA) is 31.6 Å². The highest BCUT2D eigenvalue weighted by atomic mass is 127. The molecule has 4 heteroatoms. The molecule has 0 unspecified atom stereocenters. The summed E-state index contributed by atoms with van der Waals surface area (Å²) in [6, 6.07) is 14.8. The van der Waals surface area contributed by atoms with Gasteiger partial charge in [-0.25, -0.2) is 0 Å². The number of nitrogens with one attached hydrogen (secondary N) is 2. The minimum Gasteiger partial charge on any atom is -0.364 e. The van der Waals surface area contributed by atoms with Gasteiger partial charge in [-0.1, -0.05) is 15.9 Å². The third kappa shape index (κ3) is 2.79. The van der Waals surface area contributed by atoms with Gasteiger partial charge in [0.05, 0.1) is 5.92 Å². The number of hydrogen-bond acceptors (Lipinski definition) is 0. The molecule has 96 valence electrons. The molecular formula is C15H12BrIN2. The summed E-state index contributed by atoms with van der Waals surface area (Å²) in [5, 5.41) is 0. The van der Waals surface area contributed by atoms with E-state index in [1.807, 2.05) is 24.5 Å². The fourth-order valence-corrected chi connectivity index (χ4v) is 3.95. The Kier molecular flexibility index (Phi) is 3.79. The van der Waals surface area contributed by atoms with Gasteiger partial charge < -0.3 is 9.97 Å². The second kappa shape index (κ2) is 5.54. The summed E-state index contributed by atoms with van der Waals surface area (Å²) in [5.41, 5.74) is 3.65. The van der Waals surface area contributed by atoms with Crippen LogP contribution in [0.1, 0.15) is 22.9 Å². The Bertz CT molecular complexity index is 605. The Morgan fingerprint density at radius 1 is 0.947 bits per heavy atom. The van der Waals surface area contributed by atoms with Crippen molar-refractivity contribution in [2.45, 2.75) is 5.92 Å². The van der Waals surface area contributed by atoms with Crippen LogP contribution in [0.5, 0.6) is 0 Å². The summed E-state index contributed by atoms with van der Waals surface area (Å²) in [7, 11) is 0. The lowest BCUT2D eigenvalue weighted by atomic mass is 9.93. The molecule has 0 atom stereocenters. The third-order valence-electron chi connectivity index (χ3n) is 3.08. The van der Waals surface area contributed by atoms with Gasteiger partial charge in [-0.2, -0.15) is 0 Å². The van der Waals surface area contributed by atoms with Crippen LogP contribution in [0.15, 0.2) is 59.3 Å². The summed E-state index contributed by atoms with van der Waals surface area (Å²) in [4.78, 5) is 6.65. The molecule has 0 bridgehead atoms. The minimum atomic E-state index is 0.205. The number of rotatable bonds is 3. The zero-order valence-corrected chi connectivity index (χ0v) is 13.8. The first-order valence-corrected chi connectivity index (χ1v) is 7.84. The highest BCUT2D eigenvalue weighted by Crippen LogP contribution is 2.32. The monoisotopic (exact) mass is 426 g/mol. The van der Waals surface area contributed by atoms with Crippen molar-refractivity contribution < 1.29 is 0 Å². The zero-order valence-electron chi connectivity index (χ0n) is 10.0. The average Bonchev–Trinajstić information content (AvgIpc) is 3.01. The third-order valence-corrected chi connectivity index (χ3v) is 4.16. The Morgan fingerprint density at radius 3 is 2.05 bits per heavy atom. The van der Waals surface area contributed by atoms with E-state index in [4.69, 9.17) is 0 Å². The Morgan fingerprint density at radius 2 is 1.58 bits per heavy atom. The fourth-order valence-electron chi connectivity index (χ4n) is 2.32. The van der Waals surface area contributed by atoms with Crippen molar-refractivity contribution in [1.82, 2.24) is 9.97 Å². The van der Waals surface area contributed by atoms with Crippen LogP contribution in [-0.2, 0) is 0 Å². The van der Waals surface area contributed by atoms with Crippen molar-refractivity contribution >= 4 is 38.5 Å². The van der Waals surface area contributed by atoms with E-state index in [-0.39, 0.29) is 5.92 Å². The summed E-state index contributed by atoms with van der Waals surface area (Å²) in [5.74, 6) is 0.205. The van der Waals surface area contributed by atoms with Crippen molar-refractivity contribution in [3.8, 4) is 0 Å². The molecule has 0 aliphatic carbocycles. The largest absolute Gasteiger partial charge is 0.364 e. The molecule has 2 aromatic heterocycles. The summed E-state index contributed by atoms with van der Waals surface area (Å²) in [6.45, 7) is 0. The van der Waals surface area contributed by atoms with E-state index in [0.717, 1.165) is 4.47 Å². The molecule has 0 saturated heterocycles. The van der Waals surface area contributed by atoms with Crippen LogP contribution in [0.2, 0.25) is 0 Å². The molecule has 2 N–H and O–H groups in total. The fraction of sp³-hybridized carbons (Fsp3) is 0.0667. The first-order valence-electron chi connectivity index (χ1n) is 5.96. The molecule has 3 aromatic rings. The summed E-state index contributed by atoms with van der Waals surface area (Å²) >= 11 is 5.93. The van der Waals surface area contributed by atoms with Crippen molar-refractivity contribution in [1.29, 1.82) is 0 Å². The molecule has 3 rings (SSSR count).